The lowest BCUT2D eigenvalue weighted by molar-refractivity contribution is 0.0376. The van der Waals surface area contributed by atoms with Crippen LogP contribution in [0.3, 0.4) is 0 Å². The van der Waals surface area contributed by atoms with Crippen LogP contribution in [0.4, 0.5) is 0 Å². The van der Waals surface area contributed by atoms with E-state index in [1.54, 1.807) is 0 Å². The highest BCUT2D eigenvalue weighted by molar-refractivity contribution is 5.77. The number of ether oxygens (including phenoxy) is 1. The van der Waals surface area contributed by atoms with E-state index in [1.165, 1.54) is 5.69 Å². The summed E-state index contributed by atoms with van der Waals surface area (Å²) in [5, 5.41) is 7.62. The molecule has 0 bridgehead atoms. The molecule has 0 aromatic carbocycles. The second kappa shape index (κ2) is 9.52. The van der Waals surface area contributed by atoms with Gasteiger partial charge in [-0.05, 0) is 39.3 Å². The van der Waals surface area contributed by atoms with Gasteiger partial charge in [-0.25, -0.2) is 0 Å². The van der Waals surface area contributed by atoms with Crippen LogP contribution in [0.1, 0.15) is 24.2 Å². The fourth-order valence-electron chi connectivity index (χ4n) is 2.72. The molecular formula is C16H30N6O. The van der Waals surface area contributed by atoms with Crippen LogP contribution < -0.4 is 11.1 Å². The van der Waals surface area contributed by atoms with Crippen molar-refractivity contribution in [3.05, 3.63) is 17.5 Å². The van der Waals surface area contributed by atoms with E-state index in [-0.39, 0.29) is 0 Å². The van der Waals surface area contributed by atoms with Gasteiger partial charge in [0.1, 0.15) is 0 Å². The standard InChI is InChI=1S/C16H30N6O/c1-14-13-15(2)22(20-14)8-4-6-19-16(17)18-5-3-7-21-9-11-23-12-10-21/h13H,3-12H2,1-2H3,(H3,17,18,19). The zero-order valence-corrected chi connectivity index (χ0v) is 14.4. The van der Waals surface area contributed by atoms with E-state index in [4.69, 9.17) is 10.5 Å². The number of nitrogens with one attached hydrogen (secondary N) is 1. The molecule has 2 heterocycles. The summed E-state index contributed by atoms with van der Waals surface area (Å²) in [6, 6.07) is 2.09. The van der Waals surface area contributed by atoms with Gasteiger partial charge in [0.15, 0.2) is 5.96 Å². The number of nitrogens with zero attached hydrogens (tertiary/aromatic N) is 4. The summed E-state index contributed by atoms with van der Waals surface area (Å²) < 4.78 is 7.36. The highest BCUT2D eigenvalue weighted by Crippen LogP contribution is 2.02. The molecule has 23 heavy (non-hydrogen) atoms. The Morgan fingerprint density at radius 2 is 2.09 bits per heavy atom. The quantitative estimate of drug-likeness (QED) is 0.414. The summed E-state index contributed by atoms with van der Waals surface area (Å²) in [4.78, 5) is 6.79. The summed E-state index contributed by atoms with van der Waals surface area (Å²) >= 11 is 0. The van der Waals surface area contributed by atoms with Gasteiger partial charge >= 0.3 is 0 Å². The minimum Gasteiger partial charge on any atom is -0.379 e. The summed E-state index contributed by atoms with van der Waals surface area (Å²) in [5.74, 6) is 0.542. The molecule has 130 valence electrons. The molecule has 0 atom stereocenters. The van der Waals surface area contributed by atoms with Crippen molar-refractivity contribution in [2.24, 2.45) is 10.7 Å². The van der Waals surface area contributed by atoms with Crippen molar-refractivity contribution in [3.63, 3.8) is 0 Å². The molecule has 7 nitrogen and oxygen atoms in total. The molecule has 0 spiro atoms. The Balaban J connectivity index is 1.53. The van der Waals surface area contributed by atoms with Crippen molar-refractivity contribution in [3.8, 4) is 0 Å². The van der Waals surface area contributed by atoms with E-state index >= 15 is 0 Å². The van der Waals surface area contributed by atoms with Crippen LogP contribution in [-0.2, 0) is 11.3 Å². The number of aliphatic imine (C=N–C) groups is 1. The number of aryl methyl sites for hydroxylation is 3. The first-order chi connectivity index (χ1) is 11.1. The molecule has 0 radical (unpaired) electrons. The van der Waals surface area contributed by atoms with Crippen molar-refractivity contribution in [1.29, 1.82) is 0 Å². The topological polar surface area (TPSA) is 80.7 Å². The average Bonchev–Trinajstić information content (AvgIpc) is 2.87. The lowest BCUT2D eigenvalue weighted by Gasteiger charge is -2.26. The van der Waals surface area contributed by atoms with Crippen molar-refractivity contribution in [2.45, 2.75) is 33.2 Å². The lowest BCUT2D eigenvalue weighted by Crippen LogP contribution is -2.39. The summed E-state index contributed by atoms with van der Waals surface area (Å²) in [6.07, 6.45) is 2.01. The van der Waals surface area contributed by atoms with Gasteiger partial charge in [0.05, 0.1) is 18.9 Å². The van der Waals surface area contributed by atoms with Gasteiger partial charge in [-0.2, -0.15) is 5.10 Å². The average molecular weight is 322 g/mol. The Morgan fingerprint density at radius 1 is 1.30 bits per heavy atom. The predicted molar refractivity (Wildman–Crippen MR) is 92.7 cm³/mol. The van der Waals surface area contributed by atoms with Crippen molar-refractivity contribution in [2.75, 3.05) is 45.9 Å². The molecular weight excluding hydrogens is 292 g/mol. The highest BCUT2D eigenvalue weighted by atomic mass is 16.5. The minimum absolute atomic E-state index is 0.542. The molecule has 1 saturated heterocycles. The van der Waals surface area contributed by atoms with Crippen LogP contribution >= 0.6 is 0 Å². The second-order valence-corrected chi connectivity index (χ2v) is 6.01. The predicted octanol–water partition coefficient (Wildman–Crippen LogP) is 0.517. The monoisotopic (exact) mass is 322 g/mol. The zero-order valence-electron chi connectivity index (χ0n) is 14.4. The van der Waals surface area contributed by atoms with Gasteiger partial charge in [0.2, 0.25) is 0 Å². The third kappa shape index (κ3) is 6.58. The fourth-order valence-corrected chi connectivity index (χ4v) is 2.72. The van der Waals surface area contributed by atoms with Crippen molar-refractivity contribution >= 4 is 5.96 Å². The molecule has 3 N–H and O–H groups in total. The first-order valence-electron chi connectivity index (χ1n) is 8.50. The Labute approximate surface area is 138 Å². The van der Waals surface area contributed by atoms with Gasteiger partial charge in [-0.3, -0.25) is 14.6 Å². The number of nitrogens with two attached hydrogens (primary N) is 1. The third-order valence-electron chi connectivity index (χ3n) is 3.97. The van der Waals surface area contributed by atoms with Crippen LogP contribution in [0.2, 0.25) is 0 Å². The first-order valence-corrected chi connectivity index (χ1v) is 8.50. The minimum atomic E-state index is 0.542. The number of hydrogen-bond donors (Lipinski definition) is 2. The van der Waals surface area contributed by atoms with E-state index in [0.717, 1.165) is 71.0 Å². The van der Waals surface area contributed by atoms with Crippen molar-refractivity contribution < 1.29 is 4.74 Å². The van der Waals surface area contributed by atoms with Crippen LogP contribution in [0.5, 0.6) is 0 Å². The molecule has 1 aliphatic heterocycles. The Bertz CT molecular complexity index is 493. The molecule has 7 heteroatoms. The molecule has 0 amide bonds. The number of hydrogen-bond acceptors (Lipinski definition) is 4. The maximum Gasteiger partial charge on any atom is 0.188 e. The third-order valence-corrected chi connectivity index (χ3v) is 3.97. The van der Waals surface area contributed by atoms with Crippen LogP contribution in [-0.4, -0.2) is 66.6 Å². The van der Waals surface area contributed by atoms with Gasteiger partial charge in [0, 0.05) is 38.4 Å². The molecule has 2 rings (SSSR count). The summed E-state index contributed by atoms with van der Waals surface area (Å²) in [7, 11) is 0. The Kier molecular flexibility index (Phi) is 7.35. The van der Waals surface area contributed by atoms with E-state index in [1.807, 2.05) is 11.6 Å². The largest absolute Gasteiger partial charge is 0.379 e. The molecule has 0 aliphatic carbocycles. The van der Waals surface area contributed by atoms with Gasteiger partial charge in [-0.1, -0.05) is 0 Å². The van der Waals surface area contributed by atoms with Crippen LogP contribution in [0.15, 0.2) is 11.1 Å². The smallest absolute Gasteiger partial charge is 0.188 e. The molecule has 1 aliphatic rings. The van der Waals surface area contributed by atoms with Crippen molar-refractivity contribution in [1.82, 2.24) is 20.0 Å². The zero-order chi connectivity index (χ0) is 16.5. The Morgan fingerprint density at radius 3 is 2.78 bits per heavy atom. The van der Waals surface area contributed by atoms with E-state index < -0.39 is 0 Å². The SMILES string of the molecule is Cc1cc(C)n(CCCN=C(N)NCCCN2CCOCC2)n1. The molecule has 0 unspecified atom stereocenters. The van der Waals surface area contributed by atoms with E-state index in [0.29, 0.717) is 5.96 Å². The molecule has 0 saturated carbocycles. The first kappa shape index (κ1) is 17.7. The maximum atomic E-state index is 5.89. The van der Waals surface area contributed by atoms with Gasteiger partial charge < -0.3 is 15.8 Å². The van der Waals surface area contributed by atoms with Crippen LogP contribution in [0.25, 0.3) is 0 Å². The Hall–Kier alpha value is -1.60. The maximum absolute atomic E-state index is 5.89. The molecule has 1 fully saturated rings. The number of rotatable bonds is 8. The fraction of sp³-hybridized carbons (Fsp3) is 0.750. The second-order valence-electron chi connectivity index (χ2n) is 6.01. The molecule has 1 aromatic rings. The van der Waals surface area contributed by atoms with Gasteiger partial charge in [0.25, 0.3) is 0 Å². The normalized spacial score (nSPS) is 16.7. The highest BCUT2D eigenvalue weighted by Gasteiger charge is 2.08. The van der Waals surface area contributed by atoms with Gasteiger partial charge in [-0.15, -0.1) is 0 Å². The number of morpholine rings is 1. The number of aromatic nitrogens is 2. The number of guanidine groups is 1. The summed E-state index contributed by atoms with van der Waals surface area (Å²) in [5.41, 5.74) is 8.15. The summed E-state index contributed by atoms with van der Waals surface area (Å²) in [6.45, 7) is 11.4. The molecule has 1 aromatic heterocycles. The lowest BCUT2D eigenvalue weighted by atomic mass is 10.3. The van der Waals surface area contributed by atoms with Crippen LogP contribution in [0, 0.1) is 13.8 Å². The van der Waals surface area contributed by atoms with E-state index in [2.05, 4.69) is 33.3 Å². The van der Waals surface area contributed by atoms with E-state index in [9.17, 15) is 0 Å².